The Balaban J connectivity index is 2.32. The number of hydrogen-bond acceptors (Lipinski definition) is 5. The van der Waals surface area contributed by atoms with Gasteiger partial charge >= 0.3 is 5.97 Å². The smallest absolute Gasteiger partial charge is 0.327 e. The number of nitrogens with one attached hydrogen (secondary N) is 1. The molecule has 1 aromatic rings. The van der Waals surface area contributed by atoms with Crippen LogP contribution in [0.25, 0.3) is 0 Å². The number of aromatic nitrogens is 1. The highest BCUT2D eigenvalue weighted by Gasteiger charge is 2.18. The highest BCUT2D eigenvalue weighted by molar-refractivity contribution is 7.98. The molecule has 0 saturated carbocycles. The molecule has 0 fully saturated rings. The van der Waals surface area contributed by atoms with Crippen molar-refractivity contribution < 1.29 is 14.7 Å². The van der Waals surface area contributed by atoms with Crippen molar-refractivity contribution in [3.05, 3.63) is 16.6 Å². The van der Waals surface area contributed by atoms with Crippen molar-refractivity contribution in [2.45, 2.75) is 18.7 Å². The maximum absolute atomic E-state index is 10.8. The number of carbonyl (C=O) groups is 2. The van der Waals surface area contributed by atoms with Gasteiger partial charge in [-0.15, -0.1) is 11.3 Å². The van der Waals surface area contributed by atoms with E-state index < -0.39 is 12.0 Å². The molecule has 1 rings (SSSR count). The fourth-order valence-electron chi connectivity index (χ4n) is 1.01. The van der Waals surface area contributed by atoms with Gasteiger partial charge in [0.25, 0.3) is 0 Å². The van der Waals surface area contributed by atoms with E-state index >= 15 is 0 Å². The fourth-order valence-corrected chi connectivity index (χ4v) is 2.76. The number of rotatable bonds is 6. The van der Waals surface area contributed by atoms with Gasteiger partial charge in [0, 0.05) is 30.0 Å². The molecule has 0 aliphatic heterocycles. The third-order valence-electron chi connectivity index (χ3n) is 1.67. The molecule has 0 spiro atoms. The second kappa shape index (κ2) is 6.49. The normalized spacial score (nSPS) is 12.1. The Kier molecular flexibility index (Phi) is 5.27. The van der Waals surface area contributed by atoms with Crippen LogP contribution in [-0.2, 0) is 15.3 Å². The highest BCUT2D eigenvalue weighted by Crippen LogP contribution is 2.15. The summed E-state index contributed by atoms with van der Waals surface area (Å²) in [5.74, 6) is -0.334. The quantitative estimate of drug-likeness (QED) is 0.796. The number of thioether (sulfide) groups is 1. The first-order valence-electron chi connectivity index (χ1n) is 4.55. The maximum Gasteiger partial charge on any atom is 0.327 e. The number of carboxylic acids is 1. The molecule has 0 radical (unpaired) electrons. The van der Waals surface area contributed by atoms with E-state index in [1.807, 2.05) is 5.38 Å². The highest BCUT2D eigenvalue weighted by atomic mass is 32.2. The third-order valence-corrected chi connectivity index (χ3v) is 3.68. The van der Waals surface area contributed by atoms with Gasteiger partial charge in [-0.1, -0.05) is 0 Å². The summed E-state index contributed by atoms with van der Waals surface area (Å²) in [4.78, 5) is 25.6. The van der Waals surface area contributed by atoms with E-state index in [4.69, 9.17) is 5.11 Å². The van der Waals surface area contributed by atoms with Crippen LogP contribution in [0.3, 0.4) is 0 Å². The monoisotopic (exact) mass is 260 g/mol. The number of hydrogen-bond donors (Lipinski definition) is 2. The molecule has 1 heterocycles. The minimum atomic E-state index is -1.01. The van der Waals surface area contributed by atoms with E-state index in [1.165, 1.54) is 30.0 Å². The summed E-state index contributed by atoms with van der Waals surface area (Å²) < 4.78 is 0. The lowest BCUT2D eigenvalue weighted by atomic mass is 10.3. The van der Waals surface area contributed by atoms with E-state index in [0.717, 1.165) is 5.01 Å². The van der Waals surface area contributed by atoms with Crippen LogP contribution >= 0.6 is 23.1 Å². The van der Waals surface area contributed by atoms with Gasteiger partial charge in [0.2, 0.25) is 5.91 Å². The van der Waals surface area contributed by atoms with Crippen LogP contribution in [0.2, 0.25) is 0 Å². The van der Waals surface area contributed by atoms with E-state index in [-0.39, 0.29) is 5.91 Å². The number of carboxylic acid groups (broad SMARTS) is 1. The molecule has 0 aliphatic rings. The molecule has 0 saturated heterocycles. The van der Waals surface area contributed by atoms with Crippen molar-refractivity contribution in [2.24, 2.45) is 0 Å². The molecule has 5 nitrogen and oxygen atoms in total. The largest absolute Gasteiger partial charge is 0.480 e. The van der Waals surface area contributed by atoms with Crippen LogP contribution in [0.1, 0.15) is 11.9 Å². The summed E-state index contributed by atoms with van der Waals surface area (Å²) >= 11 is 2.97. The zero-order chi connectivity index (χ0) is 12.0. The lowest BCUT2D eigenvalue weighted by Gasteiger charge is -2.11. The number of carbonyl (C=O) groups excluding carboxylic acids is 1. The summed E-state index contributed by atoms with van der Waals surface area (Å²) in [6.45, 7) is 1.31. The molecule has 1 atom stereocenters. The number of aliphatic carboxylic acids is 1. The van der Waals surface area contributed by atoms with Gasteiger partial charge in [0.1, 0.15) is 11.0 Å². The molecule has 1 aromatic heterocycles. The molecule has 16 heavy (non-hydrogen) atoms. The van der Waals surface area contributed by atoms with Crippen LogP contribution < -0.4 is 5.32 Å². The minimum Gasteiger partial charge on any atom is -0.480 e. The Hall–Kier alpha value is -1.08. The maximum atomic E-state index is 10.8. The number of amides is 1. The first kappa shape index (κ1) is 13.0. The molecule has 1 amide bonds. The van der Waals surface area contributed by atoms with Gasteiger partial charge in [-0.05, 0) is 0 Å². The summed E-state index contributed by atoms with van der Waals surface area (Å²) in [5.41, 5.74) is 0. The summed E-state index contributed by atoms with van der Waals surface area (Å²) in [7, 11) is 0. The SMILES string of the molecule is CC(=O)N[C@@H](CSCc1nccs1)C(=O)O. The van der Waals surface area contributed by atoms with Crippen molar-refractivity contribution in [3.63, 3.8) is 0 Å². The van der Waals surface area contributed by atoms with Gasteiger partial charge in [0.05, 0.1) is 0 Å². The first-order valence-corrected chi connectivity index (χ1v) is 6.59. The van der Waals surface area contributed by atoms with Crippen molar-refractivity contribution in [2.75, 3.05) is 5.75 Å². The lowest BCUT2D eigenvalue weighted by Crippen LogP contribution is -2.41. The Morgan fingerprint density at radius 1 is 1.69 bits per heavy atom. The Morgan fingerprint density at radius 2 is 2.44 bits per heavy atom. The van der Waals surface area contributed by atoms with Crippen molar-refractivity contribution in [1.29, 1.82) is 0 Å². The lowest BCUT2D eigenvalue weighted by molar-refractivity contribution is -0.140. The molecule has 0 bridgehead atoms. The fraction of sp³-hybridized carbons (Fsp3) is 0.444. The first-order chi connectivity index (χ1) is 7.59. The Morgan fingerprint density at radius 3 is 2.94 bits per heavy atom. The van der Waals surface area contributed by atoms with E-state index in [1.54, 1.807) is 6.20 Å². The van der Waals surface area contributed by atoms with Crippen molar-refractivity contribution in [3.8, 4) is 0 Å². The second-order valence-corrected chi connectivity index (χ2v) is 5.04. The van der Waals surface area contributed by atoms with Crippen LogP contribution in [0.4, 0.5) is 0 Å². The molecule has 0 aromatic carbocycles. The molecule has 88 valence electrons. The van der Waals surface area contributed by atoms with Crippen LogP contribution in [0.5, 0.6) is 0 Å². The summed E-state index contributed by atoms with van der Waals surface area (Å²) in [6, 6.07) is -0.831. The molecular formula is C9H12N2O3S2. The van der Waals surface area contributed by atoms with Crippen LogP contribution in [-0.4, -0.2) is 33.8 Å². The van der Waals surface area contributed by atoms with Gasteiger partial charge < -0.3 is 10.4 Å². The Labute approximate surface area is 101 Å². The van der Waals surface area contributed by atoms with Crippen LogP contribution in [0.15, 0.2) is 11.6 Å². The predicted molar refractivity (Wildman–Crippen MR) is 63.5 cm³/mol. The molecule has 0 unspecified atom stereocenters. The van der Waals surface area contributed by atoms with Crippen molar-refractivity contribution >= 4 is 35.0 Å². The predicted octanol–water partition coefficient (Wildman–Crippen LogP) is 0.966. The Bertz CT molecular complexity index is 354. The zero-order valence-electron chi connectivity index (χ0n) is 8.67. The molecular weight excluding hydrogens is 248 g/mol. The van der Waals surface area contributed by atoms with Gasteiger partial charge in [-0.3, -0.25) is 4.79 Å². The summed E-state index contributed by atoms with van der Waals surface area (Å²) in [6.07, 6.45) is 1.71. The van der Waals surface area contributed by atoms with E-state index in [9.17, 15) is 9.59 Å². The standard InChI is InChI=1S/C9H12N2O3S2/c1-6(12)11-7(9(13)14)4-15-5-8-10-2-3-16-8/h2-3,7H,4-5H2,1H3,(H,11,12)(H,13,14)/t7-/m0/s1. The van der Waals surface area contributed by atoms with Gasteiger partial charge in [-0.25, -0.2) is 9.78 Å². The van der Waals surface area contributed by atoms with Crippen molar-refractivity contribution in [1.82, 2.24) is 10.3 Å². The van der Waals surface area contributed by atoms with Crippen LogP contribution in [0, 0.1) is 0 Å². The van der Waals surface area contributed by atoms with Gasteiger partial charge in [0.15, 0.2) is 0 Å². The van der Waals surface area contributed by atoms with E-state index in [0.29, 0.717) is 11.5 Å². The minimum absolute atomic E-state index is 0.331. The second-order valence-electron chi connectivity index (χ2n) is 3.03. The van der Waals surface area contributed by atoms with E-state index in [2.05, 4.69) is 10.3 Å². The number of thiazole rings is 1. The third kappa shape index (κ3) is 4.63. The molecule has 7 heteroatoms. The average Bonchev–Trinajstić information content (AvgIpc) is 2.68. The average molecular weight is 260 g/mol. The molecule has 0 aliphatic carbocycles. The number of nitrogens with zero attached hydrogens (tertiary/aromatic N) is 1. The topological polar surface area (TPSA) is 79.3 Å². The van der Waals surface area contributed by atoms with Gasteiger partial charge in [-0.2, -0.15) is 11.8 Å². The molecule has 2 N–H and O–H groups in total. The summed E-state index contributed by atoms with van der Waals surface area (Å²) in [5, 5.41) is 14.1. The zero-order valence-corrected chi connectivity index (χ0v) is 10.3.